The van der Waals surface area contributed by atoms with Crippen LogP contribution in [0.4, 0.5) is 0 Å². The third-order valence-corrected chi connectivity index (χ3v) is 7.17. The van der Waals surface area contributed by atoms with Crippen molar-refractivity contribution in [2.24, 2.45) is 0 Å². The van der Waals surface area contributed by atoms with Crippen LogP contribution in [0.25, 0.3) is 0 Å². The highest BCUT2D eigenvalue weighted by atomic mass is 16.5. The van der Waals surface area contributed by atoms with Crippen LogP contribution in [0.1, 0.15) is 64.1 Å². The predicted octanol–water partition coefficient (Wildman–Crippen LogP) is 5.92. The van der Waals surface area contributed by atoms with E-state index in [-0.39, 0.29) is 6.61 Å². The molecule has 0 aliphatic heterocycles. The first-order chi connectivity index (χ1) is 23.6. The largest absolute Gasteiger partial charge is 0.494 e. The summed E-state index contributed by atoms with van der Waals surface area (Å²) in [5.74, 6) is 0.271. The Balaban J connectivity index is 0.00000319. The molecule has 2 N–H and O–H groups in total. The molecule has 0 amide bonds. The highest BCUT2D eigenvalue weighted by Gasteiger charge is 2.17. The summed E-state index contributed by atoms with van der Waals surface area (Å²) in [6, 6.07) is 23.0. The Labute approximate surface area is 287 Å². The van der Waals surface area contributed by atoms with Gasteiger partial charge in [0.15, 0.2) is 0 Å². The molecule has 0 spiro atoms. The van der Waals surface area contributed by atoms with Crippen LogP contribution >= 0.6 is 0 Å². The first kappa shape index (κ1) is 38.1. The Hall–Kier alpha value is -5.39. The lowest BCUT2D eigenvalue weighted by atomic mass is 9.80. The number of benzene rings is 4. The topological polar surface area (TPSA) is 138 Å². The molecular weight excluding hydrogens is 627 g/mol. The monoisotopic (exact) mass is 668 g/mol. The SMILES string of the molecule is C=CC(=O)OCCCCOc1ccc(C(=O)Oc2ccc(OC(=O)c3ccc(OCc4ccc(B(O)O)cc4)cc3)c(C)c2C)cc1.CC. The van der Waals surface area contributed by atoms with Gasteiger partial charge in [-0.15, -0.1) is 0 Å². The summed E-state index contributed by atoms with van der Waals surface area (Å²) in [6.45, 7) is 11.9. The molecule has 0 aliphatic carbocycles. The van der Waals surface area contributed by atoms with Crippen LogP contribution in [-0.2, 0) is 16.1 Å². The molecule has 0 saturated heterocycles. The Morgan fingerprint density at radius 3 is 1.61 bits per heavy atom. The van der Waals surface area contributed by atoms with Gasteiger partial charge in [0, 0.05) is 6.08 Å². The van der Waals surface area contributed by atoms with E-state index in [1.54, 1.807) is 98.8 Å². The molecule has 0 atom stereocenters. The van der Waals surface area contributed by atoms with E-state index < -0.39 is 25.0 Å². The highest BCUT2D eigenvalue weighted by molar-refractivity contribution is 6.58. The van der Waals surface area contributed by atoms with Gasteiger partial charge in [0.05, 0.1) is 24.3 Å². The second-order valence-corrected chi connectivity index (χ2v) is 10.5. The van der Waals surface area contributed by atoms with Crippen LogP contribution < -0.4 is 24.4 Å². The first-order valence-electron chi connectivity index (χ1n) is 15.9. The molecule has 0 heterocycles. The van der Waals surface area contributed by atoms with Crippen LogP contribution in [0.2, 0.25) is 0 Å². The lowest BCUT2D eigenvalue weighted by Gasteiger charge is -2.14. The molecule has 0 unspecified atom stereocenters. The third kappa shape index (κ3) is 11.7. The van der Waals surface area contributed by atoms with Crippen molar-refractivity contribution in [1.29, 1.82) is 0 Å². The minimum atomic E-state index is -1.52. The average Bonchev–Trinajstić information content (AvgIpc) is 3.13. The Morgan fingerprint density at radius 1 is 0.673 bits per heavy atom. The van der Waals surface area contributed by atoms with E-state index in [0.717, 1.165) is 11.6 Å². The van der Waals surface area contributed by atoms with Crippen molar-refractivity contribution >= 4 is 30.5 Å². The molecule has 0 aromatic heterocycles. The van der Waals surface area contributed by atoms with Gasteiger partial charge in [-0.25, -0.2) is 14.4 Å². The zero-order valence-corrected chi connectivity index (χ0v) is 28.1. The fraction of sp³-hybridized carbons (Fsp3) is 0.237. The Kier molecular flexibility index (Phi) is 15.1. The summed E-state index contributed by atoms with van der Waals surface area (Å²) >= 11 is 0. The van der Waals surface area contributed by atoms with Crippen molar-refractivity contribution < 1.29 is 48.1 Å². The van der Waals surface area contributed by atoms with Crippen LogP contribution in [0.3, 0.4) is 0 Å². The highest BCUT2D eigenvalue weighted by Crippen LogP contribution is 2.30. The molecular formula is C38H41BO10. The van der Waals surface area contributed by atoms with Crippen LogP contribution in [-0.4, -0.2) is 48.3 Å². The fourth-order valence-corrected chi connectivity index (χ4v) is 4.26. The van der Waals surface area contributed by atoms with E-state index in [0.29, 0.717) is 76.8 Å². The van der Waals surface area contributed by atoms with E-state index in [9.17, 15) is 24.4 Å². The van der Waals surface area contributed by atoms with Crippen LogP contribution in [0, 0.1) is 13.8 Å². The van der Waals surface area contributed by atoms with Gasteiger partial charge >= 0.3 is 25.0 Å². The number of rotatable bonds is 15. The average molecular weight is 669 g/mol. The number of unbranched alkanes of at least 4 members (excludes halogenated alkanes) is 1. The summed E-state index contributed by atoms with van der Waals surface area (Å²) in [5.41, 5.74) is 3.19. The van der Waals surface area contributed by atoms with Gasteiger partial charge in [-0.1, -0.05) is 44.7 Å². The van der Waals surface area contributed by atoms with Gasteiger partial charge in [0.1, 0.15) is 29.6 Å². The van der Waals surface area contributed by atoms with E-state index >= 15 is 0 Å². The minimum absolute atomic E-state index is 0.264. The second-order valence-electron chi connectivity index (χ2n) is 10.5. The quantitative estimate of drug-likeness (QED) is 0.0517. The fourth-order valence-electron chi connectivity index (χ4n) is 4.26. The number of carbonyl (C=O) groups excluding carboxylic acids is 3. The predicted molar refractivity (Wildman–Crippen MR) is 187 cm³/mol. The number of hydrogen-bond donors (Lipinski definition) is 2. The molecule has 0 bridgehead atoms. The molecule has 4 aromatic rings. The lowest BCUT2D eigenvalue weighted by Crippen LogP contribution is -2.29. The smallest absolute Gasteiger partial charge is 0.488 e. The molecule has 49 heavy (non-hydrogen) atoms. The van der Waals surface area contributed by atoms with Crippen molar-refractivity contribution in [3.05, 3.63) is 125 Å². The van der Waals surface area contributed by atoms with Gasteiger partial charge in [-0.05, 0) is 110 Å². The molecule has 4 rings (SSSR count). The van der Waals surface area contributed by atoms with E-state index in [4.69, 9.17) is 23.7 Å². The molecule has 0 saturated carbocycles. The number of ether oxygens (including phenoxy) is 5. The summed E-state index contributed by atoms with van der Waals surface area (Å²) in [7, 11) is -1.52. The van der Waals surface area contributed by atoms with Crippen molar-refractivity contribution in [3.8, 4) is 23.0 Å². The molecule has 0 radical (unpaired) electrons. The van der Waals surface area contributed by atoms with Gasteiger partial charge in [-0.3, -0.25) is 0 Å². The molecule has 4 aromatic carbocycles. The summed E-state index contributed by atoms with van der Waals surface area (Å²) < 4.78 is 27.6. The molecule has 11 heteroatoms. The van der Waals surface area contributed by atoms with Gasteiger partial charge in [-0.2, -0.15) is 0 Å². The lowest BCUT2D eigenvalue weighted by molar-refractivity contribution is -0.137. The maximum absolute atomic E-state index is 12.9. The Bertz CT molecular complexity index is 1680. The molecule has 0 aliphatic rings. The van der Waals surface area contributed by atoms with Crippen molar-refractivity contribution in [1.82, 2.24) is 0 Å². The van der Waals surface area contributed by atoms with Crippen LogP contribution in [0.15, 0.2) is 97.6 Å². The van der Waals surface area contributed by atoms with Gasteiger partial charge in [0.25, 0.3) is 0 Å². The second kappa shape index (κ2) is 19.4. The van der Waals surface area contributed by atoms with Crippen LogP contribution in [0.5, 0.6) is 23.0 Å². The number of carbonyl (C=O) groups is 3. The Morgan fingerprint density at radius 2 is 1.14 bits per heavy atom. The number of esters is 3. The van der Waals surface area contributed by atoms with E-state index in [1.165, 1.54) is 0 Å². The maximum atomic E-state index is 12.9. The minimum Gasteiger partial charge on any atom is -0.494 e. The maximum Gasteiger partial charge on any atom is 0.488 e. The molecule has 10 nitrogen and oxygen atoms in total. The van der Waals surface area contributed by atoms with E-state index in [2.05, 4.69) is 6.58 Å². The standard InChI is InChI=1S/C36H35BO10.C2H6/c1-4-34(38)44-22-6-5-21-43-30-15-9-27(10-16-30)35(39)46-32-19-20-33(25(3)24(32)2)47-36(40)28-11-17-31(18-12-28)45-23-26-7-13-29(14-8-26)37(41)42;1-2/h4,7-20,41-42H,1,5-6,21-23H2,2-3H3;1-2H3. The zero-order valence-electron chi connectivity index (χ0n) is 28.1. The van der Waals surface area contributed by atoms with Crippen molar-refractivity contribution in [2.75, 3.05) is 13.2 Å². The summed E-state index contributed by atoms with van der Waals surface area (Å²) in [6.07, 6.45) is 2.47. The zero-order chi connectivity index (χ0) is 35.8. The van der Waals surface area contributed by atoms with E-state index in [1.807, 2.05) is 13.8 Å². The summed E-state index contributed by atoms with van der Waals surface area (Å²) in [5, 5.41) is 18.4. The normalized spacial score (nSPS) is 10.2. The first-order valence-corrected chi connectivity index (χ1v) is 15.9. The molecule has 256 valence electrons. The van der Waals surface area contributed by atoms with Gasteiger partial charge < -0.3 is 33.7 Å². The summed E-state index contributed by atoms with van der Waals surface area (Å²) in [4.78, 5) is 36.7. The van der Waals surface area contributed by atoms with Gasteiger partial charge in [0.2, 0.25) is 0 Å². The molecule has 0 fully saturated rings. The third-order valence-electron chi connectivity index (χ3n) is 7.17. The van der Waals surface area contributed by atoms with Crippen molar-refractivity contribution in [2.45, 2.75) is 47.1 Å². The van der Waals surface area contributed by atoms with Crippen molar-refractivity contribution in [3.63, 3.8) is 0 Å². The number of hydrogen-bond acceptors (Lipinski definition) is 10.